The van der Waals surface area contributed by atoms with E-state index in [0.717, 1.165) is 31.2 Å². The van der Waals surface area contributed by atoms with Gasteiger partial charge in [-0.1, -0.05) is 6.42 Å². The highest BCUT2D eigenvalue weighted by molar-refractivity contribution is 7.14. The van der Waals surface area contributed by atoms with E-state index in [1.807, 2.05) is 5.38 Å². The summed E-state index contributed by atoms with van der Waals surface area (Å²) in [4.78, 5) is 31.1. The van der Waals surface area contributed by atoms with Crippen LogP contribution in [0.4, 0.5) is 5.13 Å². The molecule has 0 radical (unpaired) electrons. The molecule has 0 saturated heterocycles. The molecule has 2 aromatic rings. The summed E-state index contributed by atoms with van der Waals surface area (Å²) in [5, 5.41) is 5.26. The number of hydrogen-bond donors (Lipinski definition) is 3. The molecule has 0 bridgehead atoms. The number of esters is 1. The van der Waals surface area contributed by atoms with Gasteiger partial charge in [-0.25, -0.2) is 9.78 Å². The maximum Gasteiger partial charge on any atom is 0.354 e. The summed E-state index contributed by atoms with van der Waals surface area (Å²) in [6, 6.07) is 1.78. The molecule has 25 heavy (non-hydrogen) atoms. The maximum absolute atomic E-state index is 12.3. The molecular formula is C16H21ClN4O3S. The van der Waals surface area contributed by atoms with Gasteiger partial charge < -0.3 is 20.8 Å². The minimum atomic E-state index is -0.432. The van der Waals surface area contributed by atoms with Crippen LogP contribution in [0.25, 0.3) is 11.3 Å². The second-order valence-electron chi connectivity index (χ2n) is 5.94. The summed E-state index contributed by atoms with van der Waals surface area (Å²) in [5.41, 5.74) is 7.77. The number of ether oxygens (including phenoxy) is 1. The van der Waals surface area contributed by atoms with Gasteiger partial charge >= 0.3 is 5.97 Å². The van der Waals surface area contributed by atoms with Crippen molar-refractivity contribution in [1.82, 2.24) is 9.97 Å². The first-order chi connectivity index (χ1) is 11.6. The Morgan fingerprint density at radius 1 is 1.44 bits per heavy atom. The number of nitrogens with two attached hydrogens (primary N) is 1. The van der Waals surface area contributed by atoms with Crippen molar-refractivity contribution in [2.45, 2.75) is 31.7 Å². The van der Waals surface area contributed by atoms with Gasteiger partial charge in [0.2, 0.25) is 5.91 Å². The van der Waals surface area contributed by atoms with Crippen LogP contribution in [0.2, 0.25) is 0 Å². The van der Waals surface area contributed by atoms with Crippen molar-refractivity contribution in [3.63, 3.8) is 0 Å². The number of carbonyl (C=O) groups is 2. The molecule has 0 spiro atoms. The number of H-pyrrole nitrogens is 1. The average molecular weight is 385 g/mol. The van der Waals surface area contributed by atoms with Crippen LogP contribution in [-0.2, 0) is 9.53 Å². The summed E-state index contributed by atoms with van der Waals surface area (Å²) in [7, 11) is 1.33. The summed E-state index contributed by atoms with van der Waals surface area (Å²) in [6.07, 6.45) is 5.26. The van der Waals surface area contributed by atoms with E-state index in [1.54, 1.807) is 12.3 Å². The number of aromatic nitrogens is 2. The lowest BCUT2D eigenvalue weighted by atomic mass is 9.86. The van der Waals surface area contributed by atoms with Gasteiger partial charge in [-0.05, 0) is 25.3 Å². The fourth-order valence-electron chi connectivity index (χ4n) is 2.91. The molecule has 3 rings (SSSR count). The van der Waals surface area contributed by atoms with Gasteiger partial charge in [-0.3, -0.25) is 4.79 Å². The highest BCUT2D eigenvalue weighted by Crippen LogP contribution is 2.28. The van der Waals surface area contributed by atoms with E-state index in [4.69, 9.17) is 5.73 Å². The Morgan fingerprint density at radius 2 is 2.24 bits per heavy atom. The van der Waals surface area contributed by atoms with Gasteiger partial charge in [0.15, 0.2) is 5.13 Å². The molecule has 1 saturated carbocycles. The monoisotopic (exact) mass is 384 g/mol. The summed E-state index contributed by atoms with van der Waals surface area (Å²) in [6.45, 7) is 0. The number of anilines is 1. The largest absolute Gasteiger partial charge is 0.464 e. The van der Waals surface area contributed by atoms with Crippen molar-refractivity contribution in [2.75, 3.05) is 12.4 Å². The topological polar surface area (TPSA) is 110 Å². The zero-order valence-electron chi connectivity index (χ0n) is 13.8. The smallest absolute Gasteiger partial charge is 0.354 e. The number of nitrogens with zero attached hydrogens (tertiary/aromatic N) is 1. The van der Waals surface area contributed by atoms with E-state index in [2.05, 4.69) is 20.0 Å². The Bertz CT molecular complexity index is 745. The van der Waals surface area contributed by atoms with Crippen LogP contribution in [0.3, 0.4) is 0 Å². The van der Waals surface area contributed by atoms with E-state index in [1.165, 1.54) is 18.4 Å². The van der Waals surface area contributed by atoms with Crippen LogP contribution in [0.1, 0.15) is 36.2 Å². The number of halogens is 1. The van der Waals surface area contributed by atoms with E-state index < -0.39 is 5.97 Å². The van der Waals surface area contributed by atoms with Gasteiger partial charge in [0.1, 0.15) is 5.69 Å². The third-order valence-corrected chi connectivity index (χ3v) is 4.96. The molecule has 1 aliphatic carbocycles. The number of rotatable bonds is 4. The maximum atomic E-state index is 12.3. The molecule has 1 fully saturated rings. The highest BCUT2D eigenvalue weighted by atomic mass is 35.5. The third-order valence-electron chi connectivity index (χ3n) is 4.20. The van der Waals surface area contributed by atoms with Crippen molar-refractivity contribution in [1.29, 1.82) is 0 Å². The lowest BCUT2D eigenvalue weighted by Crippen LogP contribution is -2.34. The first kappa shape index (κ1) is 19.4. The second kappa shape index (κ2) is 8.46. The van der Waals surface area contributed by atoms with Crippen molar-refractivity contribution in [3.8, 4) is 11.3 Å². The zero-order chi connectivity index (χ0) is 17.1. The van der Waals surface area contributed by atoms with Crippen LogP contribution in [0.5, 0.6) is 0 Å². The molecule has 4 N–H and O–H groups in total. The molecule has 2 atom stereocenters. The Hall–Kier alpha value is -1.90. The Kier molecular flexibility index (Phi) is 6.57. The summed E-state index contributed by atoms with van der Waals surface area (Å²) < 4.78 is 4.66. The normalized spacial score (nSPS) is 19.8. The molecule has 0 aromatic carbocycles. The molecule has 2 heterocycles. The van der Waals surface area contributed by atoms with E-state index in [-0.39, 0.29) is 30.3 Å². The Labute approximate surface area is 155 Å². The number of thiazole rings is 1. The molecule has 9 heteroatoms. The van der Waals surface area contributed by atoms with Crippen molar-refractivity contribution in [2.24, 2.45) is 11.7 Å². The van der Waals surface area contributed by atoms with Gasteiger partial charge in [-0.15, -0.1) is 23.7 Å². The van der Waals surface area contributed by atoms with Crippen LogP contribution in [0.15, 0.2) is 17.6 Å². The number of hydrogen-bond acceptors (Lipinski definition) is 6. The first-order valence-corrected chi connectivity index (χ1v) is 8.74. The van der Waals surface area contributed by atoms with Crippen LogP contribution in [-0.4, -0.2) is 35.0 Å². The summed E-state index contributed by atoms with van der Waals surface area (Å²) >= 11 is 1.36. The number of carbonyl (C=O) groups excluding carboxylic acids is 2. The molecule has 136 valence electrons. The standard InChI is InChI=1S/C16H20N4O3S.ClH/c1-23-15(22)12-6-10(7-18-12)13-8-24-16(19-13)20-14(21)9-3-2-4-11(17)5-9;/h6-9,11,18H,2-5,17H2,1H3,(H,19,20,21);1H. The predicted molar refractivity (Wildman–Crippen MR) is 99.1 cm³/mol. The van der Waals surface area contributed by atoms with Crippen LogP contribution in [0, 0.1) is 5.92 Å². The first-order valence-electron chi connectivity index (χ1n) is 7.86. The molecule has 2 aromatic heterocycles. The predicted octanol–water partition coefficient (Wildman–Crippen LogP) is 2.80. The van der Waals surface area contributed by atoms with Crippen LogP contribution >= 0.6 is 23.7 Å². The molecule has 1 amide bonds. The molecule has 0 aliphatic heterocycles. The number of amides is 1. The van der Waals surface area contributed by atoms with Crippen molar-refractivity contribution >= 4 is 40.8 Å². The molecular weight excluding hydrogens is 364 g/mol. The fourth-order valence-corrected chi connectivity index (χ4v) is 3.63. The van der Waals surface area contributed by atoms with Crippen LogP contribution < -0.4 is 11.1 Å². The quantitative estimate of drug-likeness (QED) is 0.702. The lowest BCUT2D eigenvalue weighted by Gasteiger charge is -2.25. The lowest BCUT2D eigenvalue weighted by molar-refractivity contribution is -0.120. The Balaban J connectivity index is 0.00000225. The van der Waals surface area contributed by atoms with E-state index in [9.17, 15) is 9.59 Å². The van der Waals surface area contributed by atoms with Gasteiger partial charge in [0.25, 0.3) is 0 Å². The number of aromatic amines is 1. The van der Waals surface area contributed by atoms with Gasteiger partial charge in [-0.2, -0.15) is 0 Å². The minimum Gasteiger partial charge on any atom is -0.464 e. The Morgan fingerprint density at radius 3 is 2.96 bits per heavy atom. The van der Waals surface area contributed by atoms with Crippen molar-refractivity contribution in [3.05, 3.63) is 23.3 Å². The molecule has 1 aliphatic rings. The van der Waals surface area contributed by atoms with Crippen molar-refractivity contribution < 1.29 is 14.3 Å². The number of methoxy groups -OCH3 is 1. The average Bonchev–Trinajstić information content (AvgIpc) is 3.23. The molecule has 2 unspecified atom stereocenters. The fraction of sp³-hybridized carbons (Fsp3) is 0.438. The zero-order valence-corrected chi connectivity index (χ0v) is 15.4. The van der Waals surface area contributed by atoms with Gasteiger partial charge in [0, 0.05) is 29.1 Å². The summed E-state index contributed by atoms with van der Waals surface area (Å²) in [5.74, 6) is -0.492. The minimum absolute atomic E-state index is 0. The third kappa shape index (κ3) is 4.59. The highest BCUT2D eigenvalue weighted by Gasteiger charge is 2.26. The SMILES string of the molecule is COC(=O)c1cc(-c2csc(NC(=O)C3CCCC(N)C3)n2)c[nH]1.Cl. The van der Waals surface area contributed by atoms with Gasteiger partial charge in [0.05, 0.1) is 12.8 Å². The van der Waals surface area contributed by atoms with E-state index >= 15 is 0 Å². The second-order valence-corrected chi connectivity index (χ2v) is 6.80. The number of nitrogens with one attached hydrogen (secondary N) is 2. The van der Waals surface area contributed by atoms with E-state index in [0.29, 0.717) is 16.5 Å². The molecule has 7 nitrogen and oxygen atoms in total.